The van der Waals surface area contributed by atoms with Crippen LogP contribution in [-0.2, 0) is 9.47 Å². The molecule has 138 valence electrons. The van der Waals surface area contributed by atoms with Crippen LogP contribution in [0.4, 0.5) is 5.82 Å². The molecular formula is C19H20N6O2. The van der Waals surface area contributed by atoms with Crippen LogP contribution in [0.15, 0.2) is 42.6 Å². The standard InChI is InChI=1S/C19H20N6O2/c20-18(27-19(21)22)12-4-5-15-13(10-12)14(11-23-15)16-2-1-3-17(24-16)25-6-8-26-9-7-25/h1-5,10-11,20,23H,6-9H2,(H3,21,22). The molecule has 0 bridgehead atoms. The fourth-order valence-corrected chi connectivity index (χ4v) is 3.18. The van der Waals surface area contributed by atoms with E-state index < -0.39 is 6.02 Å². The number of pyridine rings is 1. The first kappa shape index (κ1) is 17.0. The number of rotatable bonds is 3. The minimum atomic E-state index is -0.505. The van der Waals surface area contributed by atoms with Gasteiger partial charge in [-0.3, -0.25) is 10.8 Å². The number of nitrogens with one attached hydrogen (secondary N) is 3. The molecule has 1 fully saturated rings. The molecule has 0 saturated carbocycles. The summed E-state index contributed by atoms with van der Waals surface area (Å²) in [4.78, 5) is 10.3. The maximum atomic E-state index is 7.94. The molecule has 4 rings (SSSR count). The summed E-state index contributed by atoms with van der Waals surface area (Å²) in [7, 11) is 0. The van der Waals surface area contributed by atoms with E-state index in [1.54, 1.807) is 6.07 Å². The molecule has 1 aromatic carbocycles. The number of fused-ring (bicyclic) bond motifs is 1. The summed E-state index contributed by atoms with van der Waals surface area (Å²) in [6.45, 7) is 3.07. The number of benzene rings is 1. The molecule has 0 spiro atoms. The highest BCUT2D eigenvalue weighted by Crippen LogP contribution is 2.29. The number of amidine groups is 1. The van der Waals surface area contributed by atoms with Gasteiger partial charge >= 0.3 is 0 Å². The Morgan fingerprint density at radius 3 is 2.78 bits per heavy atom. The van der Waals surface area contributed by atoms with Crippen LogP contribution >= 0.6 is 0 Å². The van der Waals surface area contributed by atoms with Crippen LogP contribution in [0.3, 0.4) is 0 Å². The van der Waals surface area contributed by atoms with Gasteiger partial charge in [-0.25, -0.2) is 4.98 Å². The monoisotopic (exact) mass is 364 g/mol. The van der Waals surface area contributed by atoms with Crippen LogP contribution in [0.2, 0.25) is 0 Å². The van der Waals surface area contributed by atoms with E-state index in [4.69, 9.17) is 31.0 Å². The number of aromatic amines is 1. The van der Waals surface area contributed by atoms with Crippen molar-refractivity contribution in [2.24, 2.45) is 5.73 Å². The van der Waals surface area contributed by atoms with Crippen LogP contribution in [0, 0.1) is 10.8 Å². The Kier molecular flexibility index (Phi) is 4.47. The summed E-state index contributed by atoms with van der Waals surface area (Å²) in [5.74, 6) is 0.764. The van der Waals surface area contributed by atoms with Crippen molar-refractivity contribution in [3.05, 3.63) is 48.2 Å². The fraction of sp³-hybridized carbons (Fsp3) is 0.211. The van der Waals surface area contributed by atoms with Crippen molar-refractivity contribution in [1.29, 1.82) is 10.8 Å². The molecule has 5 N–H and O–H groups in total. The van der Waals surface area contributed by atoms with Crippen LogP contribution in [0.25, 0.3) is 22.2 Å². The highest BCUT2D eigenvalue weighted by Gasteiger charge is 2.15. The maximum absolute atomic E-state index is 7.94. The molecule has 2 aromatic heterocycles. The lowest BCUT2D eigenvalue weighted by Gasteiger charge is -2.28. The van der Waals surface area contributed by atoms with Crippen molar-refractivity contribution in [1.82, 2.24) is 9.97 Å². The normalized spacial score (nSPS) is 14.3. The molecule has 1 saturated heterocycles. The SMILES string of the molecule is N=C(N)OC(=N)c1ccc2[nH]cc(-c3cccc(N4CCOCC4)n3)c2c1. The number of nitrogens with zero attached hydrogens (tertiary/aromatic N) is 2. The number of H-pyrrole nitrogens is 1. The Labute approximate surface area is 155 Å². The van der Waals surface area contributed by atoms with E-state index in [9.17, 15) is 0 Å². The molecule has 0 radical (unpaired) electrons. The zero-order valence-electron chi connectivity index (χ0n) is 14.7. The Morgan fingerprint density at radius 2 is 2.00 bits per heavy atom. The molecule has 1 aliphatic heterocycles. The largest absolute Gasteiger partial charge is 0.407 e. The van der Waals surface area contributed by atoms with Crippen LogP contribution in [0.5, 0.6) is 0 Å². The van der Waals surface area contributed by atoms with Crippen LogP contribution in [-0.4, -0.2) is 48.2 Å². The third kappa shape index (κ3) is 3.47. The van der Waals surface area contributed by atoms with Gasteiger partial charge in [0.25, 0.3) is 6.02 Å². The van der Waals surface area contributed by atoms with Crippen molar-refractivity contribution in [2.75, 3.05) is 31.2 Å². The smallest absolute Gasteiger partial charge is 0.285 e. The number of nitrogens with two attached hydrogens (primary N) is 1. The number of hydrogen-bond acceptors (Lipinski definition) is 6. The van der Waals surface area contributed by atoms with Gasteiger partial charge in [0.2, 0.25) is 5.90 Å². The summed E-state index contributed by atoms with van der Waals surface area (Å²) in [5, 5.41) is 16.1. The average Bonchev–Trinajstić information content (AvgIpc) is 3.11. The summed E-state index contributed by atoms with van der Waals surface area (Å²) < 4.78 is 10.3. The lowest BCUT2D eigenvalue weighted by Crippen LogP contribution is -2.36. The molecule has 0 atom stereocenters. The van der Waals surface area contributed by atoms with E-state index in [-0.39, 0.29) is 5.90 Å². The van der Waals surface area contributed by atoms with Gasteiger partial charge in [0.15, 0.2) is 0 Å². The lowest BCUT2D eigenvalue weighted by molar-refractivity contribution is 0.122. The summed E-state index contributed by atoms with van der Waals surface area (Å²) in [6.07, 6.45) is 1.91. The van der Waals surface area contributed by atoms with Crippen LogP contribution in [0.1, 0.15) is 5.56 Å². The van der Waals surface area contributed by atoms with Crippen molar-refractivity contribution < 1.29 is 9.47 Å². The maximum Gasteiger partial charge on any atom is 0.285 e. The average molecular weight is 364 g/mol. The molecule has 3 heterocycles. The Bertz CT molecular complexity index is 1010. The predicted molar refractivity (Wildman–Crippen MR) is 104 cm³/mol. The highest BCUT2D eigenvalue weighted by molar-refractivity contribution is 6.03. The molecule has 0 aliphatic carbocycles. The molecule has 0 unspecified atom stereocenters. The summed E-state index contributed by atoms with van der Waals surface area (Å²) >= 11 is 0. The highest BCUT2D eigenvalue weighted by atomic mass is 16.5. The van der Waals surface area contributed by atoms with E-state index in [0.29, 0.717) is 18.8 Å². The topological polar surface area (TPSA) is 124 Å². The quantitative estimate of drug-likeness (QED) is 0.419. The first-order chi connectivity index (χ1) is 13.1. The Morgan fingerprint density at radius 1 is 1.19 bits per heavy atom. The van der Waals surface area contributed by atoms with Crippen molar-refractivity contribution >= 4 is 28.6 Å². The van der Waals surface area contributed by atoms with E-state index in [0.717, 1.165) is 41.1 Å². The molecule has 3 aromatic rings. The second kappa shape index (κ2) is 7.08. The number of morpholine rings is 1. The van der Waals surface area contributed by atoms with Crippen LogP contribution < -0.4 is 10.6 Å². The zero-order chi connectivity index (χ0) is 18.8. The first-order valence-corrected chi connectivity index (χ1v) is 8.64. The summed E-state index contributed by atoms with van der Waals surface area (Å²) in [6, 6.07) is 10.9. The molecule has 8 heteroatoms. The predicted octanol–water partition coefficient (Wildman–Crippen LogP) is 2.30. The fourth-order valence-electron chi connectivity index (χ4n) is 3.18. The van der Waals surface area contributed by atoms with Gasteiger partial charge in [-0.2, -0.15) is 0 Å². The number of aromatic nitrogens is 2. The van der Waals surface area contributed by atoms with Gasteiger partial charge in [-0.1, -0.05) is 6.07 Å². The number of ether oxygens (including phenoxy) is 2. The molecule has 1 aliphatic rings. The zero-order valence-corrected chi connectivity index (χ0v) is 14.7. The van der Waals surface area contributed by atoms with E-state index in [2.05, 4.69) is 9.88 Å². The van der Waals surface area contributed by atoms with Gasteiger partial charge in [0.05, 0.1) is 18.9 Å². The van der Waals surface area contributed by atoms with Gasteiger partial charge in [-0.15, -0.1) is 0 Å². The minimum Gasteiger partial charge on any atom is -0.407 e. The van der Waals surface area contributed by atoms with Crippen molar-refractivity contribution in [3.63, 3.8) is 0 Å². The lowest BCUT2D eigenvalue weighted by atomic mass is 10.1. The van der Waals surface area contributed by atoms with Crippen molar-refractivity contribution in [3.8, 4) is 11.3 Å². The second-order valence-corrected chi connectivity index (χ2v) is 6.24. The number of hydrogen-bond donors (Lipinski definition) is 4. The molecular weight excluding hydrogens is 344 g/mol. The van der Waals surface area contributed by atoms with E-state index in [1.807, 2.05) is 36.5 Å². The summed E-state index contributed by atoms with van der Waals surface area (Å²) in [5.41, 5.74) is 8.49. The Balaban J connectivity index is 1.71. The second-order valence-electron chi connectivity index (χ2n) is 6.24. The molecule has 27 heavy (non-hydrogen) atoms. The van der Waals surface area contributed by atoms with Crippen molar-refractivity contribution in [2.45, 2.75) is 0 Å². The van der Waals surface area contributed by atoms with Gasteiger partial charge in [0.1, 0.15) is 5.82 Å². The first-order valence-electron chi connectivity index (χ1n) is 8.64. The third-order valence-corrected chi connectivity index (χ3v) is 4.50. The minimum absolute atomic E-state index is 0.161. The number of anilines is 1. The van der Waals surface area contributed by atoms with Gasteiger partial charge < -0.3 is 25.1 Å². The molecule has 8 nitrogen and oxygen atoms in total. The van der Waals surface area contributed by atoms with E-state index >= 15 is 0 Å². The molecule has 0 amide bonds. The van der Waals surface area contributed by atoms with Gasteiger partial charge in [-0.05, 0) is 30.3 Å². The Hall–Kier alpha value is -3.39. The van der Waals surface area contributed by atoms with E-state index in [1.165, 1.54) is 0 Å². The third-order valence-electron chi connectivity index (χ3n) is 4.50. The van der Waals surface area contributed by atoms with Gasteiger partial charge in [0, 0.05) is 41.3 Å².